The molecular weight excluding hydrogens is 471 g/mol. The largest absolute Gasteiger partial charge is 0.417 e. The summed E-state index contributed by atoms with van der Waals surface area (Å²) in [6.45, 7) is 1.67. The van der Waals surface area contributed by atoms with E-state index >= 15 is 0 Å². The van der Waals surface area contributed by atoms with Crippen LogP contribution in [0.2, 0.25) is 0 Å². The van der Waals surface area contributed by atoms with Crippen molar-refractivity contribution in [2.24, 2.45) is 5.92 Å². The number of benzene rings is 2. The Morgan fingerprint density at radius 3 is 2.24 bits per heavy atom. The Hall–Kier alpha value is -2.92. The normalized spacial score (nSPS) is 16.6. The Morgan fingerprint density at radius 1 is 1.03 bits per heavy atom. The minimum absolute atomic E-state index is 0.0960. The highest BCUT2D eigenvalue weighted by Gasteiger charge is 2.40. The molecule has 2 amide bonds. The number of rotatable bonds is 7. The van der Waals surface area contributed by atoms with E-state index in [1.165, 1.54) is 6.07 Å². The lowest BCUT2D eigenvalue weighted by Crippen LogP contribution is -2.49. The summed E-state index contributed by atoms with van der Waals surface area (Å²) in [7, 11) is -4.38. The van der Waals surface area contributed by atoms with E-state index in [9.17, 15) is 31.2 Å². The summed E-state index contributed by atoms with van der Waals surface area (Å²) in [5.41, 5.74) is -0.305. The van der Waals surface area contributed by atoms with E-state index < -0.39 is 44.5 Å². The summed E-state index contributed by atoms with van der Waals surface area (Å²) >= 11 is 0. The minimum atomic E-state index is -4.81. The molecule has 0 aliphatic carbocycles. The Labute approximate surface area is 196 Å². The number of piperidine rings is 1. The third kappa shape index (κ3) is 6.15. The van der Waals surface area contributed by atoms with Crippen LogP contribution in [0.15, 0.2) is 59.5 Å². The molecule has 1 atom stereocenters. The maximum Gasteiger partial charge on any atom is 0.417 e. The van der Waals surface area contributed by atoms with Crippen LogP contribution in [0.25, 0.3) is 0 Å². The molecule has 0 spiro atoms. The van der Waals surface area contributed by atoms with Crippen molar-refractivity contribution in [3.8, 4) is 0 Å². The van der Waals surface area contributed by atoms with Crippen LogP contribution in [0.3, 0.4) is 0 Å². The standard InChI is InChI=1S/C23H26F3N3O4S/c1-16(21(30)27-15-17-7-3-2-4-8-17)28-22(31)18-11-13-29(14-12-18)34(32,33)20-10-6-5-9-19(20)23(24,25)26/h2-10,16,18H,11-15H2,1H3,(H,27,30)(H,28,31). The van der Waals surface area contributed by atoms with Crippen LogP contribution in [0, 0.1) is 5.92 Å². The van der Waals surface area contributed by atoms with Crippen molar-refractivity contribution in [3.05, 3.63) is 65.7 Å². The van der Waals surface area contributed by atoms with E-state index in [2.05, 4.69) is 10.6 Å². The topological polar surface area (TPSA) is 95.6 Å². The van der Waals surface area contributed by atoms with Gasteiger partial charge < -0.3 is 10.6 Å². The van der Waals surface area contributed by atoms with Crippen LogP contribution in [0.1, 0.15) is 30.9 Å². The summed E-state index contributed by atoms with van der Waals surface area (Å²) in [5, 5.41) is 5.37. The fraction of sp³-hybridized carbons (Fsp3) is 0.391. The number of nitrogens with one attached hydrogen (secondary N) is 2. The average Bonchev–Trinajstić information content (AvgIpc) is 2.82. The van der Waals surface area contributed by atoms with Gasteiger partial charge in [-0.25, -0.2) is 8.42 Å². The van der Waals surface area contributed by atoms with Gasteiger partial charge in [0.05, 0.1) is 10.5 Å². The summed E-state index contributed by atoms with van der Waals surface area (Å²) in [4.78, 5) is 24.1. The van der Waals surface area contributed by atoms with Gasteiger partial charge >= 0.3 is 6.18 Å². The molecule has 1 heterocycles. The third-order valence-corrected chi connectivity index (χ3v) is 7.65. The first-order chi connectivity index (χ1) is 16.0. The number of carbonyl (C=O) groups excluding carboxylic acids is 2. The molecule has 3 rings (SSSR count). The van der Waals surface area contributed by atoms with Crippen LogP contribution >= 0.6 is 0 Å². The number of carbonyl (C=O) groups is 2. The molecule has 1 saturated heterocycles. The number of alkyl halides is 3. The predicted molar refractivity (Wildman–Crippen MR) is 119 cm³/mol. The zero-order valence-corrected chi connectivity index (χ0v) is 19.3. The second-order valence-corrected chi connectivity index (χ2v) is 10.0. The van der Waals surface area contributed by atoms with E-state index in [-0.39, 0.29) is 31.8 Å². The van der Waals surface area contributed by atoms with Crippen molar-refractivity contribution in [1.82, 2.24) is 14.9 Å². The summed E-state index contributed by atoms with van der Waals surface area (Å²) in [5.74, 6) is -1.30. The molecule has 1 aliphatic rings. The zero-order chi connectivity index (χ0) is 24.9. The van der Waals surface area contributed by atoms with E-state index in [1.807, 2.05) is 30.3 Å². The maximum atomic E-state index is 13.3. The molecule has 1 aliphatic heterocycles. The molecule has 0 saturated carbocycles. The summed E-state index contributed by atoms with van der Waals surface area (Å²) < 4.78 is 66.5. The average molecular weight is 498 g/mol. The molecule has 0 aromatic heterocycles. The highest BCUT2D eigenvalue weighted by molar-refractivity contribution is 7.89. The fourth-order valence-electron chi connectivity index (χ4n) is 3.76. The minimum Gasteiger partial charge on any atom is -0.350 e. The van der Waals surface area contributed by atoms with Gasteiger partial charge in [-0.3, -0.25) is 9.59 Å². The summed E-state index contributed by atoms with van der Waals surface area (Å²) in [6.07, 6.45) is -4.53. The zero-order valence-electron chi connectivity index (χ0n) is 18.5. The van der Waals surface area contributed by atoms with Gasteiger partial charge in [-0.05, 0) is 37.5 Å². The van der Waals surface area contributed by atoms with Gasteiger partial charge in [0.2, 0.25) is 21.8 Å². The van der Waals surface area contributed by atoms with Crippen molar-refractivity contribution in [1.29, 1.82) is 0 Å². The number of hydrogen-bond acceptors (Lipinski definition) is 4. The molecule has 184 valence electrons. The van der Waals surface area contributed by atoms with Crippen LogP contribution in [0.4, 0.5) is 13.2 Å². The first-order valence-corrected chi connectivity index (χ1v) is 12.2. The number of sulfonamides is 1. The van der Waals surface area contributed by atoms with Crippen molar-refractivity contribution in [2.75, 3.05) is 13.1 Å². The van der Waals surface area contributed by atoms with Gasteiger partial charge in [-0.2, -0.15) is 17.5 Å². The fourth-order valence-corrected chi connectivity index (χ4v) is 5.44. The quantitative estimate of drug-likeness (QED) is 0.615. The van der Waals surface area contributed by atoms with Crippen LogP contribution in [-0.4, -0.2) is 43.7 Å². The van der Waals surface area contributed by atoms with Gasteiger partial charge in [-0.1, -0.05) is 42.5 Å². The predicted octanol–water partition coefficient (Wildman–Crippen LogP) is 2.93. The lowest BCUT2D eigenvalue weighted by atomic mass is 9.97. The lowest BCUT2D eigenvalue weighted by molar-refractivity contribution is -0.140. The van der Waals surface area contributed by atoms with E-state index in [0.29, 0.717) is 6.54 Å². The van der Waals surface area contributed by atoms with Gasteiger partial charge in [0.15, 0.2) is 0 Å². The molecule has 0 bridgehead atoms. The molecule has 11 heteroatoms. The number of amides is 2. The molecule has 7 nitrogen and oxygen atoms in total. The molecule has 0 radical (unpaired) electrons. The molecule has 2 N–H and O–H groups in total. The highest BCUT2D eigenvalue weighted by Crippen LogP contribution is 2.36. The molecule has 1 unspecified atom stereocenters. The van der Waals surface area contributed by atoms with Gasteiger partial charge in [-0.15, -0.1) is 0 Å². The van der Waals surface area contributed by atoms with E-state index in [4.69, 9.17) is 0 Å². The van der Waals surface area contributed by atoms with Crippen LogP contribution in [0.5, 0.6) is 0 Å². The second kappa shape index (κ2) is 10.6. The van der Waals surface area contributed by atoms with E-state index in [1.54, 1.807) is 6.92 Å². The van der Waals surface area contributed by atoms with Crippen LogP contribution in [-0.2, 0) is 32.3 Å². The lowest BCUT2D eigenvalue weighted by Gasteiger charge is -2.31. The van der Waals surface area contributed by atoms with Crippen molar-refractivity contribution >= 4 is 21.8 Å². The number of nitrogens with zero attached hydrogens (tertiary/aromatic N) is 1. The molecule has 1 fully saturated rings. The van der Waals surface area contributed by atoms with Gasteiger partial charge in [0, 0.05) is 25.6 Å². The summed E-state index contributed by atoms with van der Waals surface area (Å²) in [6, 6.07) is 12.5. The Kier molecular flexibility index (Phi) is 7.98. The van der Waals surface area contributed by atoms with Crippen LogP contribution < -0.4 is 10.6 Å². The number of halogens is 3. The van der Waals surface area contributed by atoms with Gasteiger partial charge in [0.1, 0.15) is 6.04 Å². The first kappa shape index (κ1) is 25.7. The SMILES string of the molecule is CC(NC(=O)C1CCN(S(=O)(=O)c2ccccc2C(F)(F)F)CC1)C(=O)NCc1ccccc1. The molecule has 34 heavy (non-hydrogen) atoms. The van der Waals surface area contributed by atoms with Crippen molar-refractivity contribution in [2.45, 2.75) is 43.4 Å². The van der Waals surface area contributed by atoms with E-state index in [0.717, 1.165) is 28.1 Å². The maximum absolute atomic E-state index is 13.3. The number of hydrogen-bond donors (Lipinski definition) is 2. The smallest absolute Gasteiger partial charge is 0.350 e. The van der Waals surface area contributed by atoms with Gasteiger partial charge in [0.25, 0.3) is 0 Å². The highest BCUT2D eigenvalue weighted by atomic mass is 32.2. The second-order valence-electron chi connectivity index (χ2n) is 8.11. The van der Waals surface area contributed by atoms with Crippen molar-refractivity contribution in [3.63, 3.8) is 0 Å². The molecule has 2 aromatic rings. The molecular formula is C23H26F3N3O4S. The Balaban J connectivity index is 1.55. The first-order valence-electron chi connectivity index (χ1n) is 10.8. The molecule has 2 aromatic carbocycles. The van der Waals surface area contributed by atoms with Crippen molar-refractivity contribution < 1.29 is 31.2 Å². The monoisotopic (exact) mass is 497 g/mol. The Morgan fingerprint density at radius 2 is 1.62 bits per heavy atom. The third-order valence-electron chi connectivity index (χ3n) is 5.70. The Bertz CT molecular complexity index is 1120.